The Kier molecular flexibility index (Phi) is 2.82. The molecule has 0 spiro atoms. The molecule has 0 atom stereocenters. The molecule has 0 saturated heterocycles. The molecule has 1 rings (SSSR count). The van der Waals surface area contributed by atoms with E-state index in [0.29, 0.717) is 5.69 Å². The Balaban J connectivity index is 2.88. The second-order valence-corrected chi connectivity index (χ2v) is 2.02. The minimum Gasteiger partial charge on any atom is -0.289 e. The Labute approximate surface area is 69.7 Å². The van der Waals surface area contributed by atoms with Crippen LogP contribution in [0.1, 0.15) is 0 Å². The molecule has 1 aromatic carbocycles. The van der Waals surface area contributed by atoms with E-state index in [1.807, 2.05) is 6.07 Å². The number of aliphatic imine (C=N–C) groups is 1. The van der Waals surface area contributed by atoms with E-state index in [1.165, 1.54) is 0 Å². The van der Waals surface area contributed by atoms with Crippen LogP contribution in [0.4, 0.5) is 5.69 Å². The lowest BCUT2D eigenvalue weighted by Gasteiger charge is -1.93. The molecule has 0 aromatic heterocycles. The number of amidine groups is 1. The molecular weight excluding hydrogens is 154 g/mol. The maximum absolute atomic E-state index is 8.38. The average molecular weight is 161 g/mol. The molecule has 0 saturated carbocycles. The molecule has 12 heavy (non-hydrogen) atoms. The van der Waals surface area contributed by atoms with Gasteiger partial charge in [0, 0.05) is 0 Å². The first kappa shape index (κ1) is 8.24. The number of nitrogens with one attached hydrogen (secondary N) is 1. The van der Waals surface area contributed by atoms with Gasteiger partial charge in [0.25, 0.3) is 0 Å². The molecular formula is C8H7N3O. The average Bonchev–Trinajstić information content (AvgIpc) is 2.16. The van der Waals surface area contributed by atoms with Crippen LogP contribution in [0.3, 0.4) is 0 Å². The number of benzene rings is 1. The summed E-state index contributed by atoms with van der Waals surface area (Å²) in [6.07, 6.45) is 0. The van der Waals surface area contributed by atoms with Crippen LogP contribution in [-0.2, 0) is 0 Å². The van der Waals surface area contributed by atoms with Crippen molar-refractivity contribution in [1.29, 1.82) is 5.26 Å². The minimum absolute atomic E-state index is 0.124. The SMILES string of the molecule is N#CC(=Nc1ccccc1)NO. The number of para-hydroxylation sites is 1. The van der Waals surface area contributed by atoms with E-state index in [-0.39, 0.29) is 5.84 Å². The van der Waals surface area contributed by atoms with E-state index >= 15 is 0 Å². The molecule has 4 heteroatoms. The van der Waals surface area contributed by atoms with Crippen LogP contribution >= 0.6 is 0 Å². The molecule has 1 aromatic rings. The van der Waals surface area contributed by atoms with Gasteiger partial charge in [0.15, 0.2) is 0 Å². The molecule has 0 radical (unpaired) electrons. The molecule has 60 valence electrons. The fourth-order valence-electron chi connectivity index (χ4n) is 0.707. The van der Waals surface area contributed by atoms with Crippen molar-refractivity contribution >= 4 is 11.5 Å². The predicted molar refractivity (Wildman–Crippen MR) is 44.1 cm³/mol. The third-order valence-corrected chi connectivity index (χ3v) is 1.21. The van der Waals surface area contributed by atoms with Gasteiger partial charge in [-0.3, -0.25) is 5.21 Å². The van der Waals surface area contributed by atoms with Gasteiger partial charge < -0.3 is 0 Å². The second-order valence-electron chi connectivity index (χ2n) is 2.02. The third kappa shape index (κ3) is 2.08. The first-order valence-corrected chi connectivity index (χ1v) is 3.31. The van der Waals surface area contributed by atoms with E-state index in [4.69, 9.17) is 10.5 Å². The smallest absolute Gasteiger partial charge is 0.230 e. The zero-order chi connectivity index (χ0) is 8.81. The van der Waals surface area contributed by atoms with E-state index < -0.39 is 0 Å². The molecule has 2 N–H and O–H groups in total. The van der Waals surface area contributed by atoms with Crippen LogP contribution in [0.25, 0.3) is 0 Å². The fourth-order valence-corrected chi connectivity index (χ4v) is 0.707. The normalized spacial score (nSPS) is 10.5. The molecule has 0 aliphatic heterocycles. The maximum Gasteiger partial charge on any atom is 0.230 e. The van der Waals surface area contributed by atoms with Crippen molar-refractivity contribution in [3.63, 3.8) is 0 Å². The second kappa shape index (κ2) is 4.11. The highest BCUT2D eigenvalue weighted by atomic mass is 16.5. The number of nitriles is 1. The Hall–Kier alpha value is -1.86. The summed E-state index contributed by atoms with van der Waals surface area (Å²) >= 11 is 0. The van der Waals surface area contributed by atoms with Gasteiger partial charge in [-0.1, -0.05) is 18.2 Å². The largest absolute Gasteiger partial charge is 0.289 e. The van der Waals surface area contributed by atoms with E-state index in [9.17, 15) is 0 Å². The molecule has 0 amide bonds. The summed E-state index contributed by atoms with van der Waals surface area (Å²) in [7, 11) is 0. The fraction of sp³-hybridized carbons (Fsp3) is 0. The number of rotatable bonds is 1. The van der Waals surface area contributed by atoms with Crippen LogP contribution < -0.4 is 5.48 Å². The van der Waals surface area contributed by atoms with Crippen molar-refractivity contribution < 1.29 is 5.21 Å². The van der Waals surface area contributed by atoms with Gasteiger partial charge in [0.1, 0.15) is 6.07 Å². The molecule has 0 aliphatic rings. The molecule has 0 heterocycles. The van der Waals surface area contributed by atoms with Crippen molar-refractivity contribution in [2.45, 2.75) is 0 Å². The molecule has 0 bridgehead atoms. The zero-order valence-corrected chi connectivity index (χ0v) is 6.23. The quantitative estimate of drug-likeness (QED) is 0.369. The lowest BCUT2D eigenvalue weighted by molar-refractivity contribution is 0.236. The van der Waals surface area contributed by atoms with Gasteiger partial charge in [0.05, 0.1) is 5.69 Å². The Bertz CT molecular complexity index is 313. The van der Waals surface area contributed by atoms with Gasteiger partial charge >= 0.3 is 0 Å². The van der Waals surface area contributed by atoms with Crippen molar-refractivity contribution in [2.75, 3.05) is 0 Å². The Morgan fingerprint density at radius 3 is 2.58 bits per heavy atom. The van der Waals surface area contributed by atoms with Crippen molar-refractivity contribution in [3.8, 4) is 6.07 Å². The first-order chi connectivity index (χ1) is 5.86. The van der Waals surface area contributed by atoms with Gasteiger partial charge in [-0.25, -0.2) is 10.5 Å². The molecule has 0 aliphatic carbocycles. The standard InChI is InChI=1S/C8H7N3O/c9-6-8(11-12)10-7-4-2-1-3-5-7/h1-5,12H,(H,10,11). The van der Waals surface area contributed by atoms with E-state index in [1.54, 1.807) is 35.8 Å². The third-order valence-electron chi connectivity index (χ3n) is 1.21. The molecule has 4 nitrogen and oxygen atoms in total. The minimum atomic E-state index is -0.124. The molecule has 0 unspecified atom stereocenters. The highest BCUT2D eigenvalue weighted by Crippen LogP contribution is 2.08. The predicted octanol–water partition coefficient (Wildman–Crippen LogP) is 1.22. The van der Waals surface area contributed by atoms with Gasteiger partial charge in [-0.2, -0.15) is 5.26 Å². The van der Waals surface area contributed by atoms with Crippen LogP contribution in [0.5, 0.6) is 0 Å². The van der Waals surface area contributed by atoms with Gasteiger partial charge in [-0.05, 0) is 12.1 Å². The Morgan fingerprint density at radius 2 is 2.08 bits per heavy atom. The number of hydrogen-bond donors (Lipinski definition) is 2. The first-order valence-electron chi connectivity index (χ1n) is 3.31. The number of hydrogen-bond acceptors (Lipinski definition) is 3. The zero-order valence-electron chi connectivity index (χ0n) is 6.23. The summed E-state index contributed by atoms with van der Waals surface area (Å²) < 4.78 is 0. The summed E-state index contributed by atoms with van der Waals surface area (Å²) in [6, 6.07) is 10.6. The highest BCUT2D eigenvalue weighted by molar-refractivity contribution is 5.97. The molecule has 0 fully saturated rings. The topological polar surface area (TPSA) is 68.4 Å². The summed E-state index contributed by atoms with van der Waals surface area (Å²) in [5, 5.41) is 16.8. The lowest BCUT2D eigenvalue weighted by atomic mass is 10.3. The van der Waals surface area contributed by atoms with Crippen molar-refractivity contribution in [2.24, 2.45) is 4.99 Å². The lowest BCUT2D eigenvalue weighted by Crippen LogP contribution is -2.15. The monoisotopic (exact) mass is 161 g/mol. The van der Waals surface area contributed by atoms with Crippen LogP contribution in [0, 0.1) is 11.3 Å². The van der Waals surface area contributed by atoms with Crippen LogP contribution in [-0.4, -0.2) is 11.0 Å². The van der Waals surface area contributed by atoms with E-state index in [2.05, 4.69) is 4.99 Å². The van der Waals surface area contributed by atoms with Crippen LogP contribution in [0.15, 0.2) is 35.3 Å². The Morgan fingerprint density at radius 1 is 1.42 bits per heavy atom. The maximum atomic E-state index is 8.38. The van der Waals surface area contributed by atoms with Crippen LogP contribution in [0.2, 0.25) is 0 Å². The van der Waals surface area contributed by atoms with Crippen molar-refractivity contribution in [1.82, 2.24) is 5.48 Å². The summed E-state index contributed by atoms with van der Waals surface area (Å²) in [5.41, 5.74) is 2.31. The van der Waals surface area contributed by atoms with E-state index in [0.717, 1.165) is 0 Å². The summed E-state index contributed by atoms with van der Waals surface area (Å²) in [4.78, 5) is 3.79. The van der Waals surface area contributed by atoms with Gasteiger partial charge in [0.2, 0.25) is 5.84 Å². The van der Waals surface area contributed by atoms with Crippen molar-refractivity contribution in [3.05, 3.63) is 30.3 Å². The summed E-state index contributed by atoms with van der Waals surface area (Å²) in [5.74, 6) is -0.124. The number of nitrogens with zero attached hydrogens (tertiary/aromatic N) is 2. The van der Waals surface area contributed by atoms with Gasteiger partial charge in [-0.15, -0.1) is 0 Å². The highest BCUT2D eigenvalue weighted by Gasteiger charge is 1.92. The summed E-state index contributed by atoms with van der Waals surface area (Å²) in [6.45, 7) is 0. The number of hydroxylamine groups is 1.